The standard InChI is InChI=1S/C17H19ClN2OS/c1-12-6-8-16(9-7-12)21-11-13(2)19-17(22)20-15-5-3-4-14(18)10-15/h3-10,13H,11H2,1-2H3,(H2,19,20,22). The lowest BCUT2D eigenvalue weighted by Gasteiger charge is -2.17. The minimum absolute atomic E-state index is 0.0838. The molecule has 0 spiro atoms. The van der Waals surface area contributed by atoms with E-state index in [4.69, 9.17) is 28.6 Å². The van der Waals surface area contributed by atoms with Crippen LogP contribution in [0.5, 0.6) is 5.75 Å². The fourth-order valence-corrected chi connectivity index (χ4v) is 2.36. The van der Waals surface area contributed by atoms with Crippen LogP contribution in [0.4, 0.5) is 5.69 Å². The summed E-state index contributed by atoms with van der Waals surface area (Å²) in [6.07, 6.45) is 0. The summed E-state index contributed by atoms with van der Waals surface area (Å²) in [6, 6.07) is 15.5. The number of hydrogen-bond donors (Lipinski definition) is 2. The molecule has 0 aliphatic heterocycles. The first kappa shape index (κ1) is 16.6. The summed E-state index contributed by atoms with van der Waals surface area (Å²) in [6.45, 7) is 4.59. The first-order chi connectivity index (χ1) is 10.5. The third-order valence-corrected chi connectivity index (χ3v) is 3.44. The predicted molar refractivity (Wildman–Crippen MR) is 96.9 cm³/mol. The molecule has 2 aromatic rings. The van der Waals surface area contributed by atoms with Gasteiger partial charge in [0.2, 0.25) is 0 Å². The molecule has 0 aliphatic carbocycles. The molecular formula is C17H19ClN2OS. The molecule has 0 bridgehead atoms. The van der Waals surface area contributed by atoms with E-state index in [1.807, 2.05) is 62.4 Å². The second kappa shape index (κ2) is 8.01. The largest absolute Gasteiger partial charge is 0.491 e. The predicted octanol–water partition coefficient (Wildman–Crippen LogP) is 4.40. The summed E-state index contributed by atoms with van der Waals surface area (Å²) < 4.78 is 5.72. The molecule has 22 heavy (non-hydrogen) atoms. The van der Waals surface area contributed by atoms with Gasteiger partial charge in [0.15, 0.2) is 5.11 Å². The first-order valence-corrected chi connectivity index (χ1v) is 7.84. The third kappa shape index (κ3) is 5.54. The maximum absolute atomic E-state index is 5.94. The molecule has 0 aromatic heterocycles. The highest BCUT2D eigenvalue weighted by Gasteiger charge is 2.06. The van der Waals surface area contributed by atoms with Gasteiger partial charge in [-0.05, 0) is 56.4 Å². The molecule has 2 rings (SSSR count). The van der Waals surface area contributed by atoms with Gasteiger partial charge in [-0.15, -0.1) is 0 Å². The molecule has 1 atom stereocenters. The van der Waals surface area contributed by atoms with Crippen LogP contribution in [0.25, 0.3) is 0 Å². The molecule has 0 saturated heterocycles. The molecule has 0 aliphatic rings. The number of thiocarbonyl (C=S) groups is 1. The van der Waals surface area contributed by atoms with Crippen LogP contribution in [0.1, 0.15) is 12.5 Å². The fraction of sp³-hybridized carbons (Fsp3) is 0.235. The Hall–Kier alpha value is -1.78. The number of rotatable bonds is 5. The summed E-state index contributed by atoms with van der Waals surface area (Å²) in [4.78, 5) is 0. The molecule has 0 heterocycles. The fourth-order valence-electron chi connectivity index (χ4n) is 1.85. The van der Waals surface area contributed by atoms with Crippen LogP contribution in [0, 0.1) is 6.92 Å². The van der Waals surface area contributed by atoms with Crippen molar-refractivity contribution in [3.63, 3.8) is 0 Å². The Labute approximate surface area is 141 Å². The van der Waals surface area contributed by atoms with Crippen LogP contribution >= 0.6 is 23.8 Å². The Kier molecular flexibility index (Phi) is 6.04. The number of nitrogens with one attached hydrogen (secondary N) is 2. The number of aryl methyl sites for hydroxylation is 1. The molecule has 0 amide bonds. The zero-order valence-electron chi connectivity index (χ0n) is 12.6. The van der Waals surface area contributed by atoms with Crippen molar-refractivity contribution in [2.24, 2.45) is 0 Å². The van der Waals surface area contributed by atoms with E-state index in [9.17, 15) is 0 Å². The summed E-state index contributed by atoms with van der Waals surface area (Å²) in [5.41, 5.74) is 2.07. The molecule has 2 N–H and O–H groups in total. The Morgan fingerprint density at radius 1 is 1.23 bits per heavy atom. The second-order valence-electron chi connectivity index (χ2n) is 5.13. The molecule has 2 aromatic carbocycles. The van der Waals surface area contributed by atoms with E-state index in [2.05, 4.69) is 10.6 Å². The number of halogens is 1. The van der Waals surface area contributed by atoms with Gasteiger partial charge in [-0.25, -0.2) is 0 Å². The second-order valence-corrected chi connectivity index (χ2v) is 5.98. The zero-order chi connectivity index (χ0) is 15.9. The van der Waals surface area contributed by atoms with E-state index in [-0.39, 0.29) is 6.04 Å². The lowest BCUT2D eigenvalue weighted by Crippen LogP contribution is -2.39. The van der Waals surface area contributed by atoms with Gasteiger partial charge in [-0.1, -0.05) is 35.4 Å². The van der Waals surface area contributed by atoms with Crippen molar-refractivity contribution in [1.82, 2.24) is 5.32 Å². The van der Waals surface area contributed by atoms with Gasteiger partial charge in [0.1, 0.15) is 12.4 Å². The monoisotopic (exact) mass is 334 g/mol. The zero-order valence-corrected chi connectivity index (χ0v) is 14.2. The highest BCUT2D eigenvalue weighted by molar-refractivity contribution is 7.80. The average Bonchev–Trinajstić information content (AvgIpc) is 2.46. The smallest absolute Gasteiger partial charge is 0.171 e. The molecule has 5 heteroatoms. The van der Waals surface area contributed by atoms with Crippen LogP contribution in [0.15, 0.2) is 48.5 Å². The Morgan fingerprint density at radius 3 is 2.64 bits per heavy atom. The van der Waals surface area contributed by atoms with Crippen molar-refractivity contribution < 1.29 is 4.74 Å². The highest BCUT2D eigenvalue weighted by Crippen LogP contribution is 2.15. The Balaban J connectivity index is 1.77. The summed E-state index contributed by atoms with van der Waals surface area (Å²) in [7, 11) is 0. The molecule has 0 saturated carbocycles. The number of benzene rings is 2. The van der Waals surface area contributed by atoms with E-state index >= 15 is 0 Å². The lowest BCUT2D eigenvalue weighted by atomic mass is 10.2. The molecular weight excluding hydrogens is 316 g/mol. The number of anilines is 1. The molecule has 116 valence electrons. The van der Waals surface area contributed by atoms with Crippen LogP contribution in [-0.2, 0) is 0 Å². The van der Waals surface area contributed by atoms with Gasteiger partial charge >= 0.3 is 0 Å². The van der Waals surface area contributed by atoms with E-state index in [0.717, 1.165) is 11.4 Å². The van der Waals surface area contributed by atoms with E-state index in [1.165, 1.54) is 5.56 Å². The van der Waals surface area contributed by atoms with Gasteiger partial charge in [-0.2, -0.15) is 0 Å². The Bertz CT molecular complexity index is 631. The summed E-state index contributed by atoms with van der Waals surface area (Å²) in [5, 5.41) is 7.50. The first-order valence-electron chi connectivity index (χ1n) is 7.05. The van der Waals surface area contributed by atoms with Crippen molar-refractivity contribution in [1.29, 1.82) is 0 Å². The van der Waals surface area contributed by atoms with Crippen LogP contribution in [0.2, 0.25) is 5.02 Å². The highest BCUT2D eigenvalue weighted by atomic mass is 35.5. The van der Waals surface area contributed by atoms with Crippen molar-refractivity contribution in [3.8, 4) is 5.75 Å². The Morgan fingerprint density at radius 2 is 1.95 bits per heavy atom. The lowest BCUT2D eigenvalue weighted by molar-refractivity contribution is 0.287. The van der Waals surface area contributed by atoms with Gasteiger partial charge in [0.25, 0.3) is 0 Å². The normalized spacial score (nSPS) is 11.6. The maximum atomic E-state index is 5.94. The van der Waals surface area contributed by atoms with E-state index in [0.29, 0.717) is 16.7 Å². The SMILES string of the molecule is Cc1ccc(OCC(C)NC(=S)Nc2cccc(Cl)c2)cc1. The molecule has 0 radical (unpaired) electrons. The van der Waals surface area contributed by atoms with E-state index < -0.39 is 0 Å². The topological polar surface area (TPSA) is 33.3 Å². The van der Waals surface area contributed by atoms with Crippen LogP contribution < -0.4 is 15.4 Å². The van der Waals surface area contributed by atoms with Crippen molar-refractivity contribution in [2.45, 2.75) is 19.9 Å². The average molecular weight is 335 g/mol. The molecule has 1 unspecified atom stereocenters. The van der Waals surface area contributed by atoms with Crippen molar-refractivity contribution in [2.75, 3.05) is 11.9 Å². The minimum atomic E-state index is 0.0838. The van der Waals surface area contributed by atoms with Gasteiger partial charge in [0.05, 0.1) is 6.04 Å². The van der Waals surface area contributed by atoms with Crippen LogP contribution in [0.3, 0.4) is 0 Å². The maximum Gasteiger partial charge on any atom is 0.171 e. The minimum Gasteiger partial charge on any atom is -0.491 e. The molecule has 3 nitrogen and oxygen atoms in total. The van der Waals surface area contributed by atoms with Crippen molar-refractivity contribution >= 4 is 34.6 Å². The molecule has 0 fully saturated rings. The van der Waals surface area contributed by atoms with Gasteiger partial charge < -0.3 is 15.4 Å². The quantitative estimate of drug-likeness (QED) is 0.794. The summed E-state index contributed by atoms with van der Waals surface area (Å²) in [5.74, 6) is 0.855. The third-order valence-electron chi connectivity index (χ3n) is 2.98. The number of hydrogen-bond acceptors (Lipinski definition) is 2. The summed E-state index contributed by atoms with van der Waals surface area (Å²) >= 11 is 11.2. The number of ether oxygens (including phenoxy) is 1. The van der Waals surface area contributed by atoms with E-state index in [1.54, 1.807) is 0 Å². The van der Waals surface area contributed by atoms with Gasteiger partial charge in [0, 0.05) is 10.7 Å². The van der Waals surface area contributed by atoms with Crippen LogP contribution in [-0.4, -0.2) is 17.8 Å². The van der Waals surface area contributed by atoms with Crippen molar-refractivity contribution in [3.05, 3.63) is 59.1 Å². The van der Waals surface area contributed by atoms with Gasteiger partial charge in [-0.3, -0.25) is 0 Å².